The number of nitrogens with one attached hydrogen (secondary N) is 2. The summed E-state index contributed by atoms with van der Waals surface area (Å²) in [7, 11) is 3.73. The molecule has 0 bridgehead atoms. The van der Waals surface area contributed by atoms with Gasteiger partial charge >= 0.3 is 12.3 Å². The van der Waals surface area contributed by atoms with Gasteiger partial charge in [-0.15, -0.1) is 0 Å². The van der Waals surface area contributed by atoms with Crippen molar-refractivity contribution in [2.24, 2.45) is 0 Å². The molecule has 0 saturated heterocycles. The molecule has 0 aromatic heterocycles. The van der Waals surface area contributed by atoms with Crippen LogP contribution >= 0.6 is 11.6 Å². The predicted molar refractivity (Wildman–Crippen MR) is 127 cm³/mol. The highest BCUT2D eigenvalue weighted by Gasteiger charge is 2.33. The Kier molecular flexibility index (Phi) is 8.96. The van der Waals surface area contributed by atoms with Crippen molar-refractivity contribution in [2.45, 2.75) is 44.9 Å². The standard InChI is InChI=1S/C24H29ClF3N3O3/c1-23(2,3)34-22(33)30-17-8-6-7-15(11-17)16(14-31(4)5)12-21(32)29-18-9-10-19(20(25)13-18)24(26,27)28/h6-11,13,16H,12,14H2,1-5H3,(H,29,32)(H,30,33). The van der Waals surface area contributed by atoms with Crippen molar-refractivity contribution in [3.63, 3.8) is 0 Å². The minimum absolute atomic E-state index is 0.0622. The van der Waals surface area contributed by atoms with Gasteiger partial charge in [-0.3, -0.25) is 10.1 Å². The van der Waals surface area contributed by atoms with Crippen LogP contribution in [0.2, 0.25) is 5.02 Å². The molecule has 2 aromatic rings. The Morgan fingerprint density at radius 1 is 1.03 bits per heavy atom. The summed E-state index contributed by atoms with van der Waals surface area (Å²) in [6, 6.07) is 10.2. The third-order valence-electron chi connectivity index (χ3n) is 4.58. The first-order valence-corrected chi connectivity index (χ1v) is 10.9. The highest BCUT2D eigenvalue weighted by atomic mass is 35.5. The molecule has 0 spiro atoms. The first kappa shape index (κ1) is 27.5. The monoisotopic (exact) mass is 499 g/mol. The van der Waals surface area contributed by atoms with Gasteiger partial charge in [0, 0.05) is 30.3 Å². The molecule has 0 aliphatic heterocycles. The lowest BCUT2D eigenvalue weighted by molar-refractivity contribution is -0.137. The van der Waals surface area contributed by atoms with Gasteiger partial charge in [0.15, 0.2) is 0 Å². The molecule has 0 aliphatic rings. The molecule has 1 atom stereocenters. The molecule has 0 heterocycles. The van der Waals surface area contributed by atoms with Crippen LogP contribution in [-0.2, 0) is 15.7 Å². The lowest BCUT2D eigenvalue weighted by Gasteiger charge is -2.23. The molecule has 2 aromatic carbocycles. The maximum Gasteiger partial charge on any atom is 0.417 e. The molecule has 2 rings (SSSR count). The Hall–Kier alpha value is -2.78. The van der Waals surface area contributed by atoms with E-state index >= 15 is 0 Å². The lowest BCUT2D eigenvalue weighted by Crippen LogP contribution is -2.27. The quantitative estimate of drug-likeness (QED) is 0.463. The number of benzene rings is 2. The number of amides is 2. The number of hydrogen-bond acceptors (Lipinski definition) is 4. The van der Waals surface area contributed by atoms with E-state index in [1.54, 1.807) is 39.0 Å². The van der Waals surface area contributed by atoms with Gasteiger partial charge in [-0.05, 0) is 70.8 Å². The van der Waals surface area contributed by atoms with Crippen LogP contribution in [0.15, 0.2) is 42.5 Å². The van der Waals surface area contributed by atoms with E-state index in [9.17, 15) is 22.8 Å². The SMILES string of the molecule is CN(C)CC(CC(=O)Nc1ccc(C(F)(F)F)c(Cl)c1)c1cccc(NC(=O)OC(C)(C)C)c1. The Balaban J connectivity index is 2.15. The van der Waals surface area contributed by atoms with Crippen LogP contribution in [-0.4, -0.2) is 43.1 Å². The molecular weight excluding hydrogens is 471 g/mol. The number of carbonyl (C=O) groups is 2. The fraction of sp³-hybridized carbons (Fsp3) is 0.417. The van der Waals surface area contributed by atoms with Gasteiger partial charge in [-0.2, -0.15) is 13.2 Å². The van der Waals surface area contributed by atoms with Crippen molar-refractivity contribution >= 4 is 35.0 Å². The van der Waals surface area contributed by atoms with E-state index in [-0.39, 0.29) is 23.9 Å². The van der Waals surface area contributed by atoms with E-state index < -0.39 is 28.5 Å². The van der Waals surface area contributed by atoms with Crippen LogP contribution in [0, 0.1) is 0 Å². The Morgan fingerprint density at radius 3 is 2.24 bits per heavy atom. The topological polar surface area (TPSA) is 70.7 Å². The maximum absolute atomic E-state index is 12.9. The van der Waals surface area contributed by atoms with Crippen LogP contribution in [0.3, 0.4) is 0 Å². The molecule has 10 heteroatoms. The largest absolute Gasteiger partial charge is 0.444 e. The van der Waals surface area contributed by atoms with Crippen LogP contribution in [0.25, 0.3) is 0 Å². The third kappa shape index (κ3) is 8.87. The molecule has 6 nitrogen and oxygen atoms in total. The summed E-state index contributed by atoms with van der Waals surface area (Å²) in [5.74, 6) is -0.631. The summed E-state index contributed by atoms with van der Waals surface area (Å²) < 4.78 is 44.0. The van der Waals surface area contributed by atoms with Gasteiger partial charge < -0.3 is 15.0 Å². The van der Waals surface area contributed by atoms with E-state index in [1.807, 2.05) is 25.1 Å². The highest BCUT2D eigenvalue weighted by molar-refractivity contribution is 6.31. The molecular formula is C24H29ClF3N3O3. The van der Waals surface area contributed by atoms with Gasteiger partial charge in [-0.1, -0.05) is 23.7 Å². The number of likely N-dealkylation sites (N-methyl/N-ethyl adjacent to an activating group) is 1. The summed E-state index contributed by atoms with van der Waals surface area (Å²) in [4.78, 5) is 26.7. The smallest absolute Gasteiger partial charge is 0.417 e. The van der Waals surface area contributed by atoms with Gasteiger partial charge in [0.2, 0.25) is 5.91 Å². The molecule has 0 radical (unpaired) electrons. The van der Waals surface area contributed by atoms with Gasteiger partial charge in [0.1, 0.15) is 5.60 Å². The van der Waals surface area contributed by atoms with Gasteiger partial charge in [0.25, 0.3) is 0 Å². The van der Waals surface area contributed by atoms with Crippen molar-refractivity contribution in [3.8, 4) is 0 Å². The minimum atomic E-state index is -4.57. The predicted octanol–water partition coefficient (Wildman–Crippen LogP) is 6.38. The van der Waals surface area contributed by atoms with E-state index in [4.69, 9.17) is 16.3 Å². The number of carbonyl (C=O) groups excluding carboxylic acids is 2. The second-order valence-electron chi connectivity index (χ2n) is 9.16. The number of halogens is 4. The minimum Gasteiger partial charge on any atom is -0.444 e. The first-order valence-electron chi connectivity index (χ1n) is 10.6. The number of hydrogen-bond donors (Lipinski definition) is 2. The van der Waals surface area contributed by atoms with E-state index in [2.05, 4.69) is 10.6 Å². The molecule has 2 amide bonds. The van der Waals surface area contributed by atoms with Crippen molar-refractivity contribution < 1.29 is 27.5 Å². The zero-order valence-electron chi connectivity index (χ0n) is 19.7. The van der Waals surface area contributed by atoms with Crippen LogP contribution < -0.4 is 10.6 Å². The Morgan fingerprint density at radius 2 is 1.68 bits per heavy atom. The number of alkyl halides is 3. The summed E-state index contributed by atoms with van der Waals surface area (Å²) in [6.45, 7) is 5.81. The molecule has 1 unspecified atom stereocenters. The van der Waals surface area contributed by atoms with E-state index in [1.165, 1.54) is 6.07 Å². The van der Waals surface area contributed by atoms with Crippen LogP contribution in [0.1, 0.15) is 44.2 Å². The maximum atomic E-state index is 12.9. The Bertz CT molecular complexity index is 1020. The molecule has 0 fully saturated rings. The average Bonchev–Trinajstić information content (AvgIpc) is 2.64. The van der Waals surface area contributed by atoms with Crippen LogP contribution in [0.5, 0.6) is 0 Å². The van der Waals surface area contributed by atoms with Crippen molar-refractivity contribution in [3.05, 3.63) is 58.6 Å². The molecule has 2 N–H and O–H groups in total. The summed E-state index contributed by atoms with van der Waals surface area (Å²) in [5, 5.41) is 4.80. The number of nitrogens with zero attached hydrogens (tertiary/aromatic N) is 1. The first-order chi connectivity index (χ1) is 15.6. The number of ether oxygens (including phenoxy) is 1. The number of rotatable bonds is 7. The summed E-state index contributed by atoms with van der Waals surface area (Å²) >= 11 is 5.74. The summed E-state index contributed by atoms with van der Waals surface area (Å²) in [5.41, 5.74) is -0.110. The zero-order valence-corrected chi connectivity index (χ0v) is 20.5. The Labute approximate surface area is 202 Å². The van der Waals surface area contributed by atoms with E-state index in [0.717, 1.165) is 17.7 Å². The highest BCUT2D eigenvalue weighted by Crippen LogP contribution is 2.36. The van der Waals surface area contributed by atoms with Crippen LogP contribution in [0.4, 0.5) is 29.3 Å². The molecule has 34 heavy (non-hydrogen) atoms. The second kappa shape index (κ2) is 11.1. The molecule has 186 valence electrons. The third-order valence-corrected chi connectivity index (χ3v) is 4.89. The molecule has 0 aliphatic carbocycles. The zero-order chi connectivity index (χ0) is 25.7. The normalized spacial score (nSPS) is 12.9. The average molecular weight is 500 g/mol. The lowest BCUT2D eigenvalue weighted by atomic mass is 9.94. The molecule has 0 saturated carbocycles. The number of anilines is 2. The second-order valence-corrected chi connectivity index (χ2v) is 9.56. The van der Waals surface area contributed by atoms with Crippen molar-refractivity contribution in [1.82, 2.24) is 4.90 Å². The van der Waals surface area contributed by atoms with Gasteiger partial charge in [0.05, 0.1) is 10.6 Å². The fourth-order valence-electron chi connectivity index (χ4n) is 3.28. The van der Waals surface area contributed by atoms with Crippen molar-refractivity contribution in [1.29, 1.82) is 0 Å². The van der Waals surface area contributed by atoms with Gasteiger partial charge in [-0.25, -0.2) is 4.79 Å². The van der Waals surface area contributed by atoms with Crippen molar-refractivity contribution in [2.75, 3.05) is 31.3 Å². The van der Waals surface area contributed by atoms with E-state index in [0.29, 0.717) is 12.2 Å². The summed E-state index contributed by atoms with van der Waals surface area (Å²) in [6.07, 6.45) is -5.10. The fourth-order valence-corrected chi connectivity index (χ4v) is 3.57.